The van der Waals surface area contributed by atoms with Crippen LogP contribution < -0.4 is 9.80 Å². The Labute approximate surface area is 170 Å². The molecule has 1 atom stereocenters. The quantitative estimate of drug-likeness (QED) is 0.589. The van der Waals surface area contributed by atoms with Crippen molar-refractivity contribution >= 4 is 22.5 Å². The predicted molar refractivity (Wildman–Crippen MR) is 113 cm³/mol. The highest BCUT2D eigenvalue weighted by molar-refractivity contribution is 6.00. The van der Waals surface area contributed by atoms with E-state index >= 15 is 0 Å². The Kier molecular flexibility index (Phi) is 5.39. The van der Waals surface area contributed by atoms with E-state index < -0.39 is 11.6 Å². The summed E-state index contributed by atoms with van der Waals surface area (Å²) in [7, 11) is 0. The SMILES string of the molecule is CC[C@H](C)N(CC)c1ncnc2c1c(N1CCCC1)cn2-c1cc(F)cc(F)c1. The molecule has 0 N–H and O–H groups in total. The van der Waals surface area contributed by atoms with Crippen molar-refractivity contribution in [3.63, 3.8) is 0 Å². The maximum Gasteiger partial charge on any atom is 0.152 e. The smallest absolute Gasteiger partial charge is 0.152 e. The molecule has 1 fully saturated rings. The number of rotatable bonds is 6. The van der Waals surface area contributed by atoms with Gasteiger partial charge in [0.05, 0.1) is 16.8 Å². The second-order valence-electron chi connectivity index (χ2n) is 7.65. The summed E-state index contributed by atoms with van der Waals surface area (Å²) in [6, 6.07) is 3.88. The van der Waals surface area contributed by atoms with Gasteiger partial charge in [-0.25, -0.2) is 18.7 Å². The molecule has 7 heteroatoms. The third-order valence-corrected chi connectivity index (χ3v) is 5.85. The first-order chi connectivity index (χ1) is 14.0. The maximum absolute atomic E-state index is 13.9. The highest BCUT2D eigenvalue weighted by Gasteiger charge is 2.25. The highest BCUT2D eigenvalue weighted by atomic mass is 19.1. The minimum atomic E-state index is -0.603. The van der Waals surface area contributed by atoms with E-state index in [1.54, 1.807) is 10.9 Å². The molecular weight excluding hydrogens is 372 g/mol. The Balaban J connectivity index is 1.98. The van der Waals surface area contributed by atoms with Crippen LogP contribution in [0, 0.1) is 11.6 Å². The first-order valence-corrected chi connectivity index (χ1v) is 10.4. The van der Waals surface area contributed by atoms with Gasteiger partial charge in [-0.15, -0.1) is 0 Å². The van der Waals surface area contributed by atoms with Gasteiger partial charge >= 0.3 is 0 Å². The van der Waals surface area contributed by atoms with Gasteiger partial charge in [0.2, 0.25) is 0 Å². The molecule has 0 aliphatic carbocycles. The molecule has 1 aliphatic rings. The maximum atomic E-state index is 13.9. The van der Waals surface area contributed by atoms with Crippen LogP contribution in [0.3, 0.4) is 0 Å². The monoisotopic (exact) mass is 399 g/mol. The highest BCUT2D eigenvalue weighted by Crippen LogP contribution is 2.38. The van der Waals surface area contributed by atoms with Crippen LogP contribution in [0.15, 0.2) is 30.7 Å². The van der Waals surface area contributed by atoms with Crippen molar-refractivity contribution in [2.24, 2.45) is 0 Å². The largest absolute Gasteiger partial charge is 0.370 e. The molecule has 0 unspecified atom stereocenters. The first kappa shape index (κ1) is 19.6. The number of fused-ring (bicyclic) bond motifs is 1. The summed E-state index contributed by atoms with van der Waals surface area (Å²) in [5, 5.41) is 0.946. The molecule has 154 valence electrons. The second kappa shape index (κ2) is 7.97. The molecule has 29 heavy (non-hydrogen) atoms. The summed E-state index contributed by atoms with van der Waals surface area (Å²) >= 11 is 0. The lowest BCUT2D eigenvalue weighted by atomic mass is 10.2. The van der Waals surface area contributed by atoms with Crippen LogP contribution in [-0.4, -0.2) is 40.2 Å². The van der Waals surface area contributed by atoms with Gasteiger partial charge in [-0.3, -0.25) is 4.57 Å². The number of halogens is 2. The van der Waals surface area contributed by atoms with Gasteiger partial charge in [0, 0.05) is 37.9 Å². The summed E-state index contributed by atoms with van der Waals surface area (Å²) in [6.45, 7) is 9.20. The Bertz CT molecular complexity index is 990. The molecule has 1 saturated heterocycles. The van der Waals surface area contributed by atoms with Crippen LogP contribution in [0.5, 0.6) is 0 Å². The van der Waals surface area contributed by atoms with Gasteiger partial charge in [0.15, 0.2) is 5.65 Å². The van der Waals surface area contributed by atoms with E-state index in [-0.39, 0.29) is 0 Å². The fourth-order valence-electron chi connectivity index (χ4n) is 4.21. The number of aromatic nitrogens is 3. The minimum Gasteiger partial charge on any atom is -0.370 e. The van der Waals surface area contributed by atoms with Crippen molar-refractivity contribution in [2.75, 3.05) is 29.4 Å². The number of hydrogen-bond donors (Lipinski definition) is 0. The van der Waals surface area contributed by atoms with Crippen LogP contribution in [0.25, 0.3) is 16.7 Å². The van der Waals surface area contributed by atoms with E-state index in [4.69, 9.17) is 0 Å². The molecular formula is C22H27F2N5. The van der Waals surface area contributed by atoms with E-state index in [0.717, 1.165) is 61.9 Å². The minimum absolute atomic E-state index is 0.319. The Morgan fingerprint density at radius 3 is 2.38 bits per heavy atom. The third kappa shape index (κ3) is 3.54. The lowest BCUT2D eigenvalue weighted by Gasteiger charge is -2.29. The molecule has 0 spiro atoms. The average Bonchev–Trinajstić information content (AvgIpc) is 3.35. The fraction of sp³-hybridized carbons (Fsp3) is 0.455. The number of hydrogen-bond acceptors (Lipinski definition) is 4. The molecule has 1 aliphatic heterocycles. The van der Waals surface area contributed by atoms with Crippen molar-refractivity contribution < 1.29 is 8.78 Å². The normalized spacial score (nSPS) is 15.3. The van der Waals surface area contributed by atoms with Crippen LogP contribution in [0.1, 0.15) is 40.0 Å². The molecule has 0 radical (unpaired) electrons. The van der Waals surface area contributed by atoms with Gasteiger partial charge in [0.25, 0.3) is 0 Å². The zero-order chi connectivity index (χ0) is 20.5. The van der Waals surface area contributed by atoms with Gasteiger partial charge in [-0.2, -0.15) is 0 Å². The summed E-state index contributed by atoms with van der Waals surface area (Å²) in [5.74, 6) is -0.327. The zero-order valence-corrected chi connectivity index (χ0v) is 17.2. The Morgan fingerprint density at radius 1 is 1.07 bits per heavy atom. The van der Waals surface area contributed by atoms with E-state index in [2.05, 4.69) is 40.5 Å². The van der Waals surface area contributed by atoms with Crippen LogP contribution in [0.2, 0.25) is 0 Å². The molecule has 0 bridgehead atoms. The molecule has 1 aromatic carbocycles. The van der Waals surface area contributed by atoms with Gasteiger partial charge in [0.1, 0.15) is 23.8 Å². The predicted octanol–water partition coefficient (Wildman–Crippen LogP) is 4.92. The third-order valence-electron chi connectivity index (χ3n) is 5.85. The van der Waals surface area contributed by atoms with Gasteiger partial charge < -0.3 is 9.80 Å². The first-order valence-electron chi connectivity index (χ1n) is 10.4. The molecule has 5 nitrogen and oxygen atoms in total. The van der Waals surface area contributed by atoms with Gasteiger partial charge in [-0.1, -0.05) is 6.92 Å². The summed E-state index contributed by atoms with van der Waals surface area (Å²) in [4.78, 5) is 13.8. The van der Waals surface area contributed by atoms with Crippen molar-refractivity contribution in [3.8, 4) is 5.69 Å². The van der Waals surface area contributed by atoms with Crippen LogP contribution >= 0.6 is 0 Å². The van der Waals surface area contributed by atoms with E-state index in [1.807, 2.05) is 6.20 Å². The average molecular weight is 399 g/mol. The van der Waals surface area contributed by atoms with Crippen molar-refractivity contribution in [3.05, 3.63) is 42.4 Å². The van der Waals surface area contributed by atoms with Gasteiger partial charge in [-0.05, 0) is 45.2 Å². The van der Waals surface area contributed by atoms with Crippen LogP contribution in [-0.2, 0) is 0 Å². The molecule has 4 rings (SSSR count). The summed E-state index contributed by atoms with van der Waals surface area (Å²) in [5.41, 5.74) is 2.12. The fourth-order valence-corrected chi connectivity index (χ4v) is 4.21. The second-order valence-corrected chi connectivity index (χ2v) is 7.65. The standard InChI is InChI=1S/C22H27F2N5/c1-4-15(3)28(5-2)21-20-19(27-8-6-7-9-27)13-29(22(20)26-14-25-21)18-11-16(23)10-17(24)12-18/h10-15H,4-9H2,1-3H3/t15-/m0/s1. The van der Waals surface area contributed by atoms with E-state index in [9.17, 15) is 8.78 Å². The molecule has 0 amide bonds. The molecule has 0 saturated carbocycles. The topological polar surface area (TPSA) is 37.2 Å². The molecule has 2 aromatic heterocycles. The van der Waals surface area contributed by atoms with E-state index in [0.29, 0.717) is 17.4 Å². The number of benzene rings is 1. The lowest BCUT2D eigenvalue weighted by molar-refractivity contribution is 0.582. The number of nitrogens with zero attached hydrogens (tertiary/aromatic N) is 5. The van der Waals surface area contributed by atoms with Crippen molar-refractivity contribution in [1.29, 1.82) is 0 Å². The Morgan fingerprint density at radius 2 is 1.76 bits per heavy atom. The summed E-state index contributed by atoms with van der Waals surface area (Å²) < 4.78 is 29.6. The molecule has 3 aromatic rings. The molecule has 3 heterocycles. The van der Waals surface area contributed by atoms with E-state index in [1.165, 1.54) is 12.1 Å². The summed E-state index contributed by atoms with van der Waals surface area (Å²) in [6.07, 6.45) is 6.75. The zero-order valence-electron chi connectivity index (χ0n) is 17.2. The number of anilines is 2. The van der Waals surface area contributed by atoms with Crippen molar-refractivity contribution in [2.45, 2.75) is 46.1 Å². The lowest BCUT2D eigenvalue weighted by Crippen LogP contribution is -2.33. The van der Waals surface area contributed by atoms with Crippen molar-refractivity contribution in [1.82, 2.24) is 14.5 Å². The Hall–Kier alpha value is -2.70. The van der Waals surface area contributed by atoms with Crippen LogP contribution in [0.4, 0.5) is 20.3 Å².